The van der Waals surface area contributed by atoms with Gasteiger partial charge in [0.05, 0.1) is 0 Å². The van der Waals surface area contributed by atoms with Gasteiger partial charge in [0.2, 0.25) is 0 Å². The molecular weight excluding hydrogens is 351 g/mol. The van der Waals surface area contributed by atoms with Crippen molar-refractivity contribution in [1.82, 2.24) is 0 Å². The first-order chi connectivity index (χ1) is 6.39. The second-order valence-corrected chi connectivity index (χ2v) is 2.65. The topological polar surface area (TPSA) is 0 Å². The summed E-state index contributed by atoms with van der Waals surface area (Å²) in [5.41, 5.74) is 1.29. The number of rotatable bonds is 0. The predicted octanol–water partition coefficient (Wildman–Crippen LogP) is 3.28. The van der Waals surface area contributed by atoms with Gasteiger partial charge in [-0.3, -0.25) is 0 Å². The van der Waals surface area contributed by atoms with Gasteiger partial charge in [-0.1, -0.05) is 6.92 Å². The summed E-state index contributed by atoms with van der Waals surface area (Å²) in [6, 6.07) is 23.3. The van der Waals surface area contributed by atoms with E-state index < -0.39 is 0 Å². The third-order valence-electron chi connectivity index (χ3n) is 1.49. The van der Waals surface area contributed by atoms with Crippen molar-refractivity contribution in [2.24, 2.45) is 0 Å². The first kappa shape index (κ1) is 13.1. The number of aryl methyl sites for hydroxylation is 1. The molecule has 0 radical (unpaired) electrons. The molecule has 0 atom stereocenters. The third kappa shape index (κ3) is 6.62. The van der Waals surface area contributed by atoms with Gasteiger partial charge in [0, 0.05) is 0 Å². The van der Waals surface area contributed by atoms with Crippen molar-refractivity contribution in [1.29, 1.82) is 0 Å². The maximum absolute atomic E-state index is 2.93. The molecule has 0 bridgehead atoms. The largest absolute Gasteiger partial charge is 2.00 e. The molecule has 0 nitrogen and oxygen atoms in total. The molecule has 74 valence electrons. The molecule has 2 aromatic rings. The minimum atomic E-state index is 0. The molecule has 0 aliphatic heterocycles. The molecule has 0 unspecified atom stereocenters. The second kappa shape index (κ2) is 8.71. The average Bonchev–Trinajstić information content (AvgIpc) is 2.22. The standard InChI is InChI=1S/C7H7.C6H5.Pt/c1-7-5-3-2-4-6-7;1-2-4-6-5-3-1;/h3-6H,1H3;1-5H;/q2*-1;+2. The summed E-state index contributed by atoms with van der Waals surface area (Å²) in [4.78, 5) is 0. The molecule has 0 aromatic heterocycles. The molecule has 0 N–H and O–H groups in total. The van der Waals surface area contributed by atoms with E-state index >= 15 is 0 Å². The Balaban J connectivity index is 0.000000227. The van der Waals surface area contributed by atoms with Crippen LogP contribution in [-0.2, 0) is 21.1 Å². The van der Waals surface area contributed by atoms with Crippen LogP contribution >= 0.6 is 0 Å². The Hall–Kier alpha value is -0.872. The van der Waals surface area contributed by atoms with Crippen LogP contribution in [0.3, 0.4) is 0 Å². The number of hydrogen-bond donors (Lipinski definition) is 0. The van der Waals surface area contributed by atoms with Crippen LogP contribution in [0.4, 0.5) is 0 Å². The van der Waals surface area contributed by atoms with Crippen molar-refractivity contribution in [3.63, 3.8) is 0 Å². The van der Waals surface area contributed by atoms with E-state index in [0.717, 1.165) is 0 Å². The smallest absolute Gasteiger partial charge is 0.184 e. The van der Waals surface area contributed by atoms with Gasteiger partial charge >= 0.3 is 21.1 Å². The minimum absolute atomic E-state index is 0. The average molecular weight is 363 g/mol. The number of benzene rings is 2. The van der Waals surface area contributed by atoms with Gasteiger partial charge in [0.25, 0.3) is 0 Å². The fraction of sp³-hybridized carbons (Fsp3) is 0.0769. The summed E-state index contributed by atoms with van der Waals surface area (Å²) in [7, 11) is 0. The van der Waals surface area contributed by atoms with Crippen LogP contribution in [0.1, 0.15) is 5.56 Å². The van der Waals surface area contributed by atoms with Crippen LogP contribution in [0, 0.1) is 19.1 Å². The molecule has 0 aliphatic carbocycles. The summed E-state index contributed by atoms with van der Waals surface area (Å²) in [6.45, 7) is 2.06. The molecule has 0 saturated heterocycles. The normalized spacial score (nSPS) is 7.79. The zero-order valence-corrected chi connectivity index (χ0v) is 10.3. The van der Waals surface area contributed by atoms with Gasteiger partial charge in [-0.25, -0.2) is 0 Å². The summed E-state index contributed by atoms with van der Waals surface area (Å²) >= 11 is 0. The first-order valence-electron chi connectivity index (χ1n) is 4.23. The maximum atomic E-state index is 2.93. The van der Waals surface area contributed by atoms with E-state index in [4.69, 9.17) is 0 Å². The van der Waals surface area contributed by atoms with E-state index in [1.54, 1.807) is 0 Å². The van der Waals surface area contributed by atoms with Crippen molar-refractivity contribution in [3.8, 4) is 0 Å². The van der Waals surface area contributed by atoms with Gasteiger partial charge in [0.1, 0.15) is 0 Å². The van der Waals surface area contributed by atoms with E-state index in [1.165, 1.54) is 5.56 Å². The fourth-order valence-electron chi connectivity index (χ4n) is 0.812. The van der Waals surface area contributed by atoms with Crippen LogP contribution < -0.4 is 0 Å². The molecule has 0 aliphatic rings. The predicted molar refractivity (Wildman–Crippen MR) is 55.3 cm³/mol. The Morgan fingerprint density at radius 2 is 1.29 bits per heavy atom. The molecule has 0 fully saturated rings. The Morgan fingerprint density at radius 1 is 0.786 bits per heavy atom. The molecule has 0 saturated carbocycles. The summed E-state index contributed by atoms with van der Waals surface area (Å²) in [6.07, 6.45) is 0. The first-order valence-corrected chi connectivity index (χ1v) is 4.23. The molecule has 0 heterocycles. The van der Waals surface area contributed by atoms with Crippen LogP contribution in [0.15, 0.2) is 54.6 Å². The molecule has 2 rings (SSSR count). The fourth-order valence-corrected chi connectivity index (χ4v) is 0.812. The van der Waals surface area contributed by atoms with Gasteiger partial charge < -0.3 is 0 Å². The zero-order valence-electron chi connectivity index (χ0n) is 8.01. The van der Waals surface area contributed by atoms with Crippen LogP contribution in [-0.4, -0.2) is 0 Å². The summed E-state index contributed by atoms with van der Waals surface area (Å²) in [5, 5.41) is 0. The van der Waals surface area contributed by atoms with E-state index in [9.17, 15) is 0 Å². The van der Waals surface area contributed by atoms with Gasteiger partial charge in [-0.05, 0) is 0 Å². The molecule has 14 heavy (non-hydrogen) atoms. The number of hydrogen-bond acceptors (Lipinski definition) is 0. The van der Waals surface area contributed by atoms with Crippen molar-refractivity contribution in [3.05, 3.63) is 72.3 Å². The van der Waals surface area contributed by atoms with E-state index in [2.05, 4.69) is 19.1 Å². The van der Waals surface area contributed by atoms with Gasteiger partial charge in [-0.2, -0.15) is 72.3 Å². The van der Waals surface area contributed by atoms with Gasteiger partial charge in [-0.15, -0.1) is 0 Å². The van der Waals surface area contributed by atoms with E-state index in [1.807, 2.05) is 54.6 Å². The second-order valence-electron chi connectivity index (χ2n) is 2.65. The Labute approximate surface area is 100 Å². The van der Waals surface area contributed by atoms with Crippen molar-refractivity contribution in [2.45, 2.75) is 6.92 Å². The van der Waals surface area contributed by atoms with Crippen LogP contribution in [0.5, 0.6) is 0 Å². The Morgan fingerprint density at radius 3 is 1.50 bits per heavy atom. The van der Waals surface area contributed by atoms with Crippen LogP contribution in [0.2, 0.25) is 0 Å². The summed E-state index contributed by atoms with van der Waals surface area (Å²) in [5.74, 6) is 0. The maximum Gasteiger partial charge on any atom is 2.00 e. The SMILES string of the molecule is Cc1cc[c-]cc1.[Pt+2].[c-]1ccccc1. The monoisotopic (exact) mass is 363 g/mol. The van der Waals surface area contributed by atoms with E-state index in [0.29, 0.717) is 0 Å². The minimum Gasteiger partial charge on any atom is -0.184 e. The molecule has 1 heteroatoms. The zero-order chi connectivity index (χ0) is 9.36. The Kier molecular flexibility index (Phi) is 8.17. The molecule has 0 amide bonds. The van der Waals surface area contributed by atoms with Crippen molar-refractivity contribution in [2.75, 3.05) is 0 Å². The van der Waals surface area contributed by atoms with E-state index in [-0.39, 0.29) is 21.1 Å². The van der Waals surface area contributed by atoms with Crippen LogP contribution in [0.25, 0.3) is 0 Å². The molecule has 2 aromatic carbocycles. The van der Waals surface area contributed by atoms with Gasteiger partial charge in [0.15, 0.2) is 0 Å². The molecule has 0 spiro atoms. The van der Waals surface area contributed by atoms with Crippen molar-refractivity contribution < 1.29 is 21.1 Å². The van der Waals surface area contributed by atoms with Crippen molar-refractivity contribution >= 4 is 0 Å². The Bertz CT molecular complexity index is 276. The quantitative estimate of drug-likeness (QED) is 0.631. The third-order valence-corrected chi connectivity index (χ3v) is 1.49. The molecular formula is C13H12Pt. The summed E-state index contributed by atoms with van der Waals surface area (Å²) < 4.78 is 0.